The molecule has 4 aliphatic rings. The van der Waals surface area contributed by atoms with E-state index in [0.717, 1.165) is 25.1 Å². The molecule has 11 rings (SSSR count). The average molecular weight is 1280 g/mol. The lowest BCUT2D eigenvalue weighted by atomic mass is 9.79. The van der Waals surface area contributed by atoms with Crippen molar-refractivity contribution in [3.05, 3.63) is 159 Å². The molecule has 0 saturated heterocycles. The van der Waals surface area contributed by atoms with Crippen molar-refractivity contribution in [3.8, 4) is 9.75 Å². The molecule has 15 heteroatoms. The van der Waals surface area contributed by atoms with Gasteiger partial charge in [-0.3, -0.25) is 58.0 Å². The van der Waals surface area contributed by atoms with Crippen LogP contribution in [0, 0.1) is 35.5 Å². The number of rotatable bonds is 19. The summed E-state index contributed by atoms with van der Waals surface area (Å²) >= 11 is 5.03. The van der Waals surface area contributed by atoms with E-state index in [2.05, 4.69) is 82.3 Å². The van der Waals surface area contributed by atoms with Gasteiger partial charge in [0.2, 0.25) is 0 Å². The fourth-order valence-corrected chi connectivity index (χ4v) is 15.1. The molecule has 7 aromatic rings. The quantitative estimate of drug-likeness (QED) is 0.0727. The monoisotopic (exact) mass is 1270 g/mol. The third-order valence-electron chi connectivity index (χ3n) is 16.4. The van der Waals surface area contributed by atoms with Crippen LogP contribution in [0.1, 0.15) is 247 Å². The Labute approximate surface area is 547 Å². The van der Waals surface area contributed by atoms with Gasteiger partial charge in [0.1, 0.15) is 0 Å². The molecule has 0 aliphatic carbocycles. The summed E-state index contributed by atoms with van der Waals surface area (Å²) in [7, 11) is 0. The first-order valence-electron chi connectivity index (χ1n) is 31.9. The Balaban J connectivity index is 0.000000201. The molecule has 0 radical (unpaired) electrons. The van der Waals surface area contributed by atoms with Gasteiger partial charge in [-0.25, -0.2) is 0 Å². The molecule has 0 fully saturated rings. The van der Waals surface area contributed by atoms with Gasteiger partial charge < -0.3 is 0 Å². The first-order valence-corrected chi connectivity index (χ1v) is 34.3. The third kappa shape index (κ3) is 12.7. The predicted octanol–water partition coefficient (Wildman–Crippen LogP) is 18.5. The van der Waals surface area contributed by atoms with Crippen LogP contribution >= 0.6 is 34.0 Å². The molecule has 0 unspecified atom stereocenters. The number of amides is 8. The largest absolute Gasteiger partial charge is 0.274 e. The minimum Gasteiger partial charge on any atom is -0.274 e. The molecule has 0 N–H and O–H groups in total. The van der Waals surface area contributed by atoms with Gasteiger partial charge in [-0.05, 0) is 155 Å². The summed E-state index contributed by atoms with van der Waals surface area (Å²) in [6, 6.07) is 19.6. The Kier molecular flexibility index (Phi) is 19.1. The SMILES string of the molecule is CC(C)/C=C/c1ccc(-c2ccc(/C=C/c3cc4c5c(c(C(C)C)cc6c5c3C(=O)N(CC(C)C)C6=O)C(=O)N(CC(C)C)C4=O)s2)s1.CC(C)/C=C/c1ccc(/C=C/c2cc3c4c(c(C(C)C)cc5c4c2C(=O)N(CC(C)C)C5=O)C(=O)N(CC(C)C)C3=O)s1. The van der Waals surface area contributed by atoms with Crippen LogP contribution in [0.15, 0.2) is 72.8 Å². The zero-order valence-corrected chi connectivity index (χ0v) is 57.6. The molecular weight excluding hydrogens is 1190 g/mol. The number of benzene rings is 4. The number of carbonyl (C=O) groups is 8. The van der Waals surface area contributed by atoms with Gasteiger partial charge in [-0.15, -0.1) is 34.0 Å². The molecule has 4 aliphatic heterocycles. The van der Waals surface area contributed by atoms with Crippen LogP contribution in [0.25, 0.3) is 67.8 Å². The fourth-order valence-electron chi connectivity index (χ4n) is 12.4. The molecule has 3 aromatic heterocycles. The molecule has 8 amide bonds. The Bertz CT molecular complexity index is 4300. The van der Waals surface area contributed by atoms with Crippen molar-refractivity contribution in [1.82, 2.24) is 19.6 Å². The Morgan fingerprint density at radius 3 is 0.912 bits per heavy atom. The van der Waals surface area contributed by atoms with E-state index in [4.69, 9.17) is 0 Å². The summed E-state index contributed by atoms with van der Waals surface area (Å²) in [5, 5.41) is 1.71. The van der Waals surface area contributed by atoms with E-state index in [1.807, 2.05) is 113 Å². The average Bonchev–Trinajstić information content (AvgIpc) is 1.04. The number of carbonyl (C=O) groups excluding carboxylic acids is 8. The molecule has 0 bridgehead atoms. The van der Waals surface area contributed by atoms with Gasteiger partial charge in [-0.1, -0.05) is 135 Å². The summed E-state index contributed by atoms with van der Waals surface area (Å²) < 4.78 is 0. The maximum atomic E-state index is 14.3. The van der Waals surface area contributed by atoms with Crippen molar-refractivity contribution >= 4 is 139 Å². The van der Waals surface area contributed by atoms with Crippen molar-refractivity contribution in [2.75, 3.05) is 26.2 Å². The zero-order chi connectivity index (χ0) is 65.9. The highest BCUT2D eigenvalue weighted by Gasteiger charge is 2.45. The summed E-state index contributed by atoms with van der Waals surface area (Å²) in [5.74, 6) is -2.00. The van der Waals surface area contributed by atoms with E-state index in [1.54, 1.807) is 58.3 Å². The van der Waals surface area contributed by atoms with Crippen LogP contribution in [-0.2, 0) is 0 Å². The lowest BCUT2D eigenvalue weighted by Crippen LogP contribution is -2.46. The Morgan fingerprint density at radius 1 is 0.319 bits per heavy atom. The fraction of sp³-hybridized carbons (Fsp3) is 0.368. The smallest absolute Gasteiger partial charge is 0.262 e. The number of hydrogen-bond acceptors (Lipinski definition) is 11. The van der Waals surface area contributed by atoms with Crippen molar-refractivity contribution < 1.29 is 38.4 Å². The maximum Gasteiger partial charge on any atom is 0.262 e. The molecule has 91 heavy (non-hydrogen) atoms. The third-order valence-corrected chi connectivity index (χ3v) is 19.7. The second-order valence-electron chi connectivity index (χ2n) is 27.3. The molecule has 0 atom stereocenters. The molecule has 7 heterocycles. The van der Waals surface area contributed by atoms with Crippen LogP contribution in [0.4, 0.5) is 0 Å². The van der Waals surface area contributed by atoms with E-state index in [9.17, 15) is 38.4 Å². The summed E-state index contributed by atoms with van der Waals surface area (Å²) in [4.78, 5) is 124. The van der Waals surface area contributed by atoms with Gasteiger partial charge >= 0.3 is 0 Å². The van der Waals surface area contributed by atoms with E-state index in [-0.39, 0.29) is 91.2 Å². The van der Waals surface area contributed by atoms with Crippen LogP contribution < -0.4 is 0 Å². The van der Waals surface area contributed by atoms with Crippen molar-refractivity contribution in [2.45, 2.75) is 123 Å². The van der Waals surface area contributed by atoms with E-state index in [1.165, 1.54) is 29.4 Å². The van der Waals surface area contributed by atoms with Crippen molar-refractivity contribution in [1.29, 1.82) is 0 Å². The number of nitrogens with zero attached hydrogens (tertiary/aromatic N) is 4. The van der Waals surface area contributed by atoms with E-state index in [0.29, 0.717) is 94.6 Å². The second kappa shape index (κ2) is 26.3. The first-order chi connectivity index (χ1) is 43.1. The van der Waals surface area contributed by atoms with Gasteiger partial charge in [0, 0.05) is 99.2 Å². The Morgan fingerprint density at radius 2 is 0.593 bits per heavy atom. The van der Waals surface area contributed by atoms with Crippen molar-refractivity contribution in [2.24, 2.45) is 35.5 Å². The van der Waals surface area contributed by atoms with Crippen LogP contribution in [0.3, 0.4) is 0 Å². The molecule has 0 spiro atoms. The molecule has 472 valence electrons. The number of allylic oxidation sites excluding steroid dienone is 2. The molecular formula is C76H82N4O8S3. The maximum absolute atomic E-state index is 14.3. The molecule has 0 saturated carbocycles. The lowest BCUT2D eigenvalue weighted by molar-refractivity contribution is 0.0570. The predicted molar refractivity (Wildman–Crippen MR) is 374 cm³/mol. The van der Waals surface area contributed by atoms with Crippen LogP contribution in [0.5, 0.6) is 0 Å². The minimum absolute atomic E-state index is 0.0619. The van der Waals surface area contributed by atoms with Gasteiger partial charge in [-0.2, -0.15) is 0 Å². The number of imide groups is 4. The normalized spacial score (nSPS) is 15.3. The Hall–Kier alpha value is -7.98. The zero-order valence-electron chi connectivity index (χ0n) is 55.1. The minimum atomic E-state index is -0.396. The summed E-state index contributed by atoms with van der Waals surface area (Å²) in [5.41, 5.74) is 5.64. The lowest BCUT2D eigenvalue weighted by Gasteiger charge is -2.35. The number of hydrogen-bond donors (Lipinski definition) is 0. The number of thiophene rings is 3. The van der Waals surface area contributed by atoms with E-state index < -0.39 is 17.7 Å². The standard InChI is InChI=1S/C40H42N2O4S2.C36H40N2O4S/c1-21(2)9-11-26-13-15-31(47-26)32-16-14-27(48-32)12-10-25-17-29-35-34-30(38(44)41(19-22(3)4)39(45)33(25)34)18-28(24(7)8)36(35)40(46)42(37(29)43)20-23(5)6;1-19(2)9-11-24-13-14-25(43-24)12-10-23-15-27-31-30-28(34(40)37(17-20(3)4)35(41)29(23)30)16-26(22(7)8)32(31)36(42)38(33(27)39)18-21(5)6/h9-18,21-24H,19-20H2,1-8H3;9-16,19-22H,17-18H2,1-8H3/b2*11-9+,12-10+. The second-order valence-corrected chi connectivity index (χ2v) is 30.7. The summed E-state index contributed by atoms with van der Waals surface area (Å²) in [6.45, 7) is 33.4. The van der Waals surface area contributed by atoms with Gasteiger partial charge in [0.15, 0.2) is 0 Å². The topological polar surface area (TPSA) is 150 Å². The van der Waals surface area contributed by atoms with Gasteiger partial charge in [0.05, 0.1) is 22.3 Å². The highest BCUT2D eigenvalue weighted by Crippen LogP contribution is 2.46. The molecule has 12 nitrogen and oxygen atoms in total. The first kappa shape index (κ1) is 66.0. The van der Waals surface area contributed by atoms with Gasteiger partial charge in [0.25, 0.3) is 47.3 Å². The van der Waals surface area contributed by atoms with Crippen LogP contribution in [0.2, 0.25) is 0 Å². The highest BCUT2D eigenvalue weighted by atomic mass is 32.1. The molecule has 4 aromatic carbocycles. The highest BCUT2D eigenvalue weighted by molar-refractivity contribution is 7.23. The van der Waals surface area contributed by atoms with Crippen LogP contribution in [-0.4, -0.2) is 93.0 Å². The van der Waals surface area contributed by atoms with E-state index >= 15 is 0 Å². The summed E-state index contributed by atoms with van der Waals surface area (Å²) in [6.07, 6.45) is 16.3. The van der Waals surface area contributed by atoms with Crippen molar-refractivity contribution in [3.63, 3.8) is 0 Å².